The normalized spacial score (nSPS) is 18.1. The van der Waals surface area contributed by atoms with Crippen LogP contribution in [0.15, 0.2) is 18.2 Å². The number of carbonyl (C=O) groups is 2. The molecule has 6 nitrogen and oxygen atoms in total. The monoisotopic (exact) mass is 325 g/mol. The van der Waals surface area contributed by atoms with E-state index in [2.05, 4.69) is 10.3 Å². The van der Waals surface area contributed by atoms with Gasteiger partial charge in [0.15, 0.2) is 5.13 Å². The predicted octanol–water partition coefficient (Wildman–Crippen LogP) is 2.89. The second-order valence-electron chi connectivity index (χ2n) is 4.83. The Labute approximate surface area is 129 Å². The van der Waals surface area contributed by atoms with Gasteiger partial charge >= 0.3 is 12.0 Å². The quantitative estimate of drug-likeness (QED) is 0.889. The van der Waals surface area contributed by atoms with E-state index in [1.54, 1.807) is 18.2 Å². The van der Waals surface area contributed by atoms with E-state index >= 15 is 0 Å². The Hall–Kier alpha value is -1.86. The number of carbonyl (C=O) groups excluding carboxylic acids is 1. The van der Waals surface area contributed by atoms with Gasteiger partial charge in [0, 0.05) is 18.1 Å². The van der Waals surface area contributed by atoms with Gasteiger partial charge in [-0.3, -0.25) is 10.1 Å². The molecule has 21 heavy (non-hydrogen) atoms. The molecule has 1 fully saturated rings. The third-order valence-electron chi connectivity index (χ3n) is 3.39. The lowest BCUT2D eigenvalue weighted by molar-refractivity contribution is -0.141. The Kier molecular flexibility index (Phi) is 3.69. The van der Waals surface area contributed by atoms with Crippen LogP contribution in [0.3, 0.4) is 0 Å². The summed E-state index contributed by atoms with van der Waals surface area (Å²) in [6.07, 6.45) is 0.484. The number of urea groups is 1. The molecule has 0 bridgehead atoms. The van der Waals surface area contributed by atoms with E-state index in [0.717, 1.165) is 10.2 Å². The standard InChI is InChI=1S/C13H12ClN3O3S/c14-8-1-2-9-10(5-8)21-12(15-9)16-13(20)17-4-3-7(6-17)11(18)19/h1-2,5,7H,3-4,6H2,(H,18,19)(H,15,16,20). The highest BCUT2D eigenvalue weighted by Gasteiger charge is 2.31. The summed E-state index contributed by atoms with van der Waals surface area (Å²) in [4.78, 5) is 28.8. The number of halogens is 1. The summed E-state index contributed by atoms with van der Waals surface area (Å²) in [6, 6.07) is 5.01. The number of fused-ring (bicyclic) bond motifs is 1. The summed E-state index contributed by atoms with van der Waals surface area (Å²) in [5.41, 5.74) is 0.768. The summed E-state index contributed by atoms with van der Waals surface area (Å²) in [5.74, 6) is -1.34. The van der Waals surface area contributed by atoms with Crippen molar-refractivity contribution >= 4 is 50.3 Å². The molecule has 1 unspecified atom stereocenters. The first-order valence-corrected chi connectivity index (χ1v) is 7.57. The summed E-state index contributed by atoms with van der Waals surface area (Å²) >= 11 is 7.25. The highest BCUT2D eigenvalue weighted by molar-refractivity contribution is 7.22. The van der Waals surface area contributed by atoms with Gasteiger partial charge in [-0.25, -0.2) is 9.78 Å². The smallest absolute Gasteiger partial charge is 0.323 e. The molecule has 1 saturated heterocycles. The SMILES string of the molecule is O=C(O)C1CCN(C(=O)Nc2nc3ccc(Cl)cc3s2)C1. The Morgan fingerprint density at radius 1 is 1.48 bits per heavy atom. The molecule has 0 saturated carbocycles. The third kappa shape index (κ3) is 2.93. The molecule has 3 rings (SSSR count). The average Bonchev–Trinajstić information content (AvgIpc) is 3.03. The minimum absolute atomic E-state index is 0.234. The molecule has 2 N–H and O–H groups in total. The van der Waals surface area contributed by atoms with Gasteiger partial charge in [0.1, 0.15) is 0 Å². The highest BCUT2D eigenvalue weighted by Crippen LogP contribution is 2.28. The van der Waals surface area contributed by atoms with Crippen LogP contribution in [-0.2, 0) is 4.79 Å². The molecule has 1 aliphatic heterocycles. The fraction of sp³-hybridized carbons (Fsp3) is 0.308. The average molecular weight is 326 g/mol. The van der Waals surface area contributed by atoms with Crippen LogP contribution in [0.5, 0.6) is 0 Å². The van der Waals surface area contributed by atoms with E-state index < -0.39 is 11.9 Å². The lowest BCUT2D eigenvalue weighted by Gasteiger charge is -2.15. The van der Waals surface area contributed by atoms with Gasteiger partial charge in [0.05, 0.1) is 16.1 Å². The van der Waals surface area contributed by atoms with Crippen molar-refractivity contribution in [2.75, 3.05) is 18.4 Å². The first-order chi connectivity index (χ1) is 10.0. The highest BCUT2D eigenvalue weighted by atomic mass is 35.5. The number of rotatable bonds is 2. The number of thiazole rings is 1. The van der Waals surface area contributed by atoms with E-state index in [1.807, 2.05) is 0 Å². The zero-order chi connectivity index (χ0) is 15.0. The van der Waals surface area contributed by atoms with Crippen LogP contribution in [0.4, 0.5) is 9.93 Å². The Balaban J connectivity index is 1.70. The molecule has 2 amide bonds. The number of hydrogen-bond acceptors (Lipinski definition) is 4. The molecule has 2 heterocycles. The molecule has 1 aliphatic rings. The van der Waals surface area contributed by atoms with Crippen molar-refractivity contribution in [2.45, 2.75) is 6.42 Å². The lowest BCUT2D eigenvalue weighted by Crippen LogP contribution is -2.33. The number of nitrogens with zero attached hydrogens (tertiary/aromatic N) is 2. The number of carboxylic acids is 1. The topological polar surface area (TPSA) is 82.5 Å². The number of amides is 2. The zero-order valence-corrected chi connectivity index (χ0v) is 12.4. The van der Waals surface area contributed by atoms with E-state index in [0.29, 0.717) is 23.1 Å². The second-order valence-corrected chi connectivity index (χ2v) is 6.30. The van der Waals surface area contributed by atoms with Crippen LogP contribution in [0.1, 0.15) is 6.42 Å². The second kappa shape index (κ2) is 5.50. The number of anilines is 1. The lowest BCUT2D eigenvalue weighted by atomic mass is 10.1. The third-order valence-corrected chi connectivity index (χ3v) is 4.56. The van der Waals surface area contributed by atoms with Crippen molar-refractivity contribution in [1.82, 2.24) is 9.88 Å². The molecular weight excluding hydrogens is 314 g/mol. The minimum atomic E-state index is -0.861. The van der Waals surface area contributed by atoms with E-state index in [9.17, 15) is 9.59 Å². The van der Waals surface area contributed by atoms with Gasteiger partial charge in [-0.15, -0.1) is 0 Å². The molecule has 1 aromatic carbocycles. The zero-order valence-electron chi connectivity index (χ0n) is 10.9. The van der Waals surface area contributed by atoms with Crippen LogP contribution in [0.2, 0.25) is 5.02 Å². The fourth-order valence-electron chi connectivity index (χ4n) is 2.27. The number of nitrogens with one attached hydrogen (secondary N) is 1. The molecule has 0 spiro atoms. The van der Waals surface area contributed by atoms with Crippen LogP contribution in [0.25, 0.3) is 10.2 Å². The Bertz CT molecular complexity index is 718. The molecule has 1 atom stereocenters. The summed E-state index contributed by atoms with van der Waals surface area (Å²) < 4.78 is 0.891. The molecule has 0 aliphatic carbocycles. The van der Waals surface area contributed by atoms with Crippen LogP contribution >= 0.6 is 22.9 Å². The largest absolute Gasteiger partial charge is 0.481 e. The molecule has 0 radical (unpaired) electrons. The maximum atomic E-state index is 12.1. The maximum Gasteiger partial charge on any atom is 0.323 e. The number of benzene rings is 1. The van der Waals surface area contributed by atoms with Crippen molar-refractivity contribution in [1.29, 1.82) is 0 Å². The number of likely N-dealkylation sites (tertiary alicyclic amines) is 1. The van der Waals surface area contributed by atoms with Crippen LogP contribution in [-0.4, -0.2) is 40.1 Å². The number of carboxylic acid groups (broad SMARTS) is 1. The predicted molar refractivity (Wildman–Crippen MR) is 81.0 cm³/mol. The van der Waals surface area contributed by atoms with E-state index in [-0.39, 0.29) is 12.6 Å². The van der Waals surface area contributed by atoms with Gasteiger partial charge < -0.3 is 10.0 Å². The Morgan fingerprint density at radius 2 is 2.29 bits per heavy atom. The molecule has 2 aromatic rings. The molecular formula is C13H12ClN3O3S. The number of aromatic nitrogens is 1. The van der Waals surface area contributed by atoms with Crippen LogP contribution < -0.4 is 5.32 Å². The number of hydrogen-bond donors (Lipinski definition) is 2. The Morgan fingerprint density at radius 3 is 3.00 bits per heavy atom. The summed E-state index contributed by atoms with van der Waals surface area (Å²) in [5, 5.41) is 12.8. The van der Waals surface area contributed by atoms with Gasteiger partial charge in [0.2, 0.25) is 0 Å². The summed E-state index contributed by atoms with van der Waals surface area (Å²) in [6.45, 7) is 0.678. The van der Waals surface area contributed by atoms with Crippen molar-refractivity contribution in [2.24, 2.45) is 5.92 Å². The van der Waals surface area contributed by atoms with Gasteiger partial charge in [-0.2, -0.15) is 0 Å². The van der Waals surface area contributed by atoms with Gasteiger partial charge in [0.25, 0.3) is 0 Å². The minimum Gasteiger partial charge on any atom is -0.481 e. The first kappa shape index (κ1) is 14.1. The molecule has 8 heteroatoms. The number of aliphatic carboxylic acids is 1. The van der Waals surface area contributed by atoms with E-state index in [1.165, 1.54) is 16.2 Å². The van der Waals surface area contributed by atoms with Gasteiger partial charge in [-0.05, 0) is 24.6 Å². The van der Waals surface area contributed by atoms with E-state index in [4.69, 9.17) is 16.7 Å². The maximum absolute atomic E-state index is 12.1. The van der Waals surface area contributed by atoms with Crippen LogP contribution in [0, 0.1) is 5.92 Å². The van der Waals surface area contributed by atoms with Crippen molar-refractivity contribution in [3.63, 3.8) is 0 Å². The van der Waals surface area contributed by atoms with Gasteiger partial charge in [-0.1, -0.05) is 22.9 Å². The first-order valence-electron chi connectivity index (χ1n) is 6.38. The van der Waals surface area contributed by atoms with Crippen molar-refractivity contribution in [3.05, 3.63) is 23.2 Å². The fourth-order valence-corrected chi connectivity index (χ4v) is 3.40. The van der Waals surface area contributed by atoms with Crippen molar-refractivity contribution in [3.8, 4) is 0 Å². The molecule has 1 aromatic heterocycles. The summed E-state index contributed by atoms with van der Waals surface area (Å²) in [7, 11) is 0. The van der Waals surface area contributed by atoms with Crippen molar-refractivity contribution < 1.29 is 14.7 Å². The molecule has 110 valence electrons.